The van der Waals surface area contributed by atoms with Gasteiger partial charge >= 0.3 is 0 Å². The van der Waals surface area contributed by atoms with Crippen LogP contribution in [0.4, 0.5) is 23.1 Å². The predicted octanol–water partition coefficient (Wildman–Crippen LogP) is 3.43. The molecule has 1 aliphatic heterocycles. The van der Waals surface area contributed by atoms with E-state index < -0.39 is 0 Å². The molecule has 5 rings (SSSR count). The summed E-state index contributed by atoms with van der Waals surface area (Å²) >= 11 is 0. The standard InChI is InChI=1S/C18H17N5O2/c24-15-6-2-10-1-3-12(9-14(10)21-15)20-18-22-13-7-8-25-16(13)17(23-18)19-11-4-5-11/h1,3,7-9,11H,2,4-6H2,(H,21,24)(H2,19,20,22,23). The van der Waals surface area contributed by atoms with Crippen LogP contribution in [0.25, 0.3) is 11.1 Å². The minimum atomic E-state index is 0.0524. The van der Waals surface area contributed by atoms with Gasteiger partial charge in [0.15, 0.2) is 11.4 Å². The van der Waals surface area contributed by atoms with E-state index in [0.29, 0.717) is 29.8 Å². The Morgan fingerprint density at radius 3 is 2.96 bits per heavy atom. The molecule has 0 bridgehead atoms. The fourth-order valence-electron chi connectivity index (χ4n) is 3.02. The number of aromatic nitrogens is 2. The Labute approximate surface area is 143 Å². The molecule has 7 heteroatoms. The molecule has 0 atom stereocenters. The zero-order chi connectivity index (χ0) is 16.8. The molecule has 0 unspecified atom stereocenters. The van der Waals surface area contributed by atoms with Gasteiger partial charge in [-0.3, -0.25) is 4.79 Å². The number of hydrogen-bond donors (Lipinski definition) is 3. The van der Waals surface area contributed by atoms with Crippen LogP contribution in [0.2, 0.25) is 0 Å². The average molecular weight is 335 g/mol. The van der Waals surface area contributed by atoms with Crippen LogP contribution in [0.3, 0.4) is 0 Å². The summed E-state index contributed by atoms with van der Waals surface area (Å²) in [6.45, 7) is 0. The lowest BCUT2D eigenvalue weighted by atomic mass is 10.0. The molecular formula is C18H17N5O2. The van der Waals surface area contributed by atoms with Crippen molar-refractivity contribution in [2.75, 3.05) is 16.0 Å². The first-order valence-corrected chi connectivity index (χ1v) is 8.46. The second-order valence-corrected chi connectivity index (χ2v) is 6.49. The lowest BCUT2D eigenvalue weighted by molar-refractivity contribution is -0.116. The molecule has 3 heterocycles. The van der Waals surface area contributed by atoms with Crippen LogP contribution < -0.4 is 16.0 Å². The van der Waals surface area contributed by atoms with E-state index in [4.69, 9.17) is 4.42 Å². The maximum atomic E-state index is 11.6. The first-order chi connectivity index (χ1) is 12.2. The number of nitrogens with zero attached hydrogens (tertiary/aromatic N) is 2. The SMILES string of the molecule is O=C1CCc2ccc(Nc3nc(NC4CC4)c4occc4n3)cc2N1. The van der Waals surface area contributed by atoms with E-state index in [0.717, 1.165) is 41.7 Å². The lowest BCUT2D eigenvalue weighted by Gasteiger charge is -2.18. The van der Waals surface area contributed by atoms with Crippen LogP contribution in [-0.4, -0.2) is 21.9 Å². The average Bonchev–Trinajstić information content (AvgIpc) is 3.28. The highest BCUT2D eigenvalue weighted by Crippen LogP contribution is 2.31. The van der Waals surface area contributed by atoms with Gasteiger partial charge in [-0.1, -0.05) is 6.07 Å². The highest BCUT2D eigenvalue weighted by atomic mass is 16.3. The van der Waals surface area contributed by atoms with Gasteiger partial charge in [-0.15, -0.1) is 0 Å². The zero-order valence-corrected chi connectivity index (χ0v) is 13.5. The summed E-state index contributed by atoms with van der Waals surface area (Å²) < 4.78 is 5.51. The van der Waals surface area contributed by atoms with E-state index in [2.05, 4.69) is 25.9 Å². The fraction of sp³-hybridized carbons (Fsp3) is 0.278. The number of carbonyl (C=O) groups excluding carboxylic acids is 1. The van der Waals surface area contributed by atoms with E-state index in [1.807, 2.05) is 24.3 Å². The number of amides is 1. The zero-order valence-electron chi connectivity index (χ0n) is 13.5. The Hall–Kier alpha value is -3.09. The van der Waals surface area contributed by atoms with Gasteiger partial charge in [-0.05, 0) is 37.0 Å². The van der Waals surface area contributed by atoms with Gasteiger partial charge < -0.3 is 20.4 Å². The fourth-order valence-corrected chi connectivity index (χ4v) is 3.02. The number of fused-ring (bicyclic) bond motifs is 2. The molecule has 1 aromatic carbocycles. The number of aryl methyl sites for hydroxylation is 1. The van der Waals surface area contributed by atoms with Crippen LogP contribution >= 0.6 is 0 Å². The first-order valence-electron chi connectivity index (χ1n) is 8.46. The minimum Gasteiger partial charge on any atom is -0.459 e. The molecule has 0 saturated heterocycles. The van der Waals surface area contributed by atoms with E-state index in [1.165, 1.54) is 0 Å². The van der Waals surface area contributed by atoms with Crippen LogP contribution in [0.1, 0.15) is 24.8 Å². The van der Waals surface area contributed by atoms with Crippen molar-refractivity contribution in [3.05, 3.63) is 36.1 Å². The normalized spacial score (nSPS) is 16.4. The third-order valence-corrected chi connectivity index (χ3v) is 4.48. The van der Waals surface area contributed by atoms with Gasteiger partial charge in [-0.2, -0.15) is 4.98 Å². The summed E-state index contributed by atoms with van der Waals surface area (Å²) in [7, 11) is 0. The molecule has 7 nitrogen and oxygen atoms in total. The van der Waals surface area contributed by atoms with Crippen molar-refractivity contribution in [3.63, 3.8) is 0 Å². The second-order valence-electron chi connectivity index (χ2n) is 6.49. The lowest BCUT2D eigenvalue weighted by Crippen LogP contribution is -2.18. The van der Waals surface area contributed by atoms with Crippen LogP contribution in [0.15, 0.2) is 34.9 Å². The highest BCUT2D eigenvalue weighted by molar-refractivity contribution is 5.94. The molecule has 2 aromatic heterocycles. The molecule has 126 valence electrons. The smallest absolute Gasteiger partial charge is 0.229 e. The Kier molecular flexibility index (Phi) is 3.12. The Morgan fingerprint density at radius 1 is 1.16 bits per heavy atom. The highest BCUT2D eigenvalue weighted by Gasteiger charge is 2.24. The van der Waals surface area contributed by atoms with Gasteiger partial charge in [0.25, 0.3) is 0 Å². The van der Waals surface area contributed by atoms with Gasteiger partial charge in [0, 0.05) is 29.9 Å². The summed E-state index contributed by atoms with van der Waals surface area (Å²) in [5.74, 6) is 1.27. The Morgan fingerprint density at radius 2 is 2.08 bits per heavy atom. The first kappa shape index (κ1) is 14.3. The van der Waals surface area contributed by atoms with Crippen LogP contribution in [-0.2, 0) is 11.2 Å². The number of rotatable bonds is 4. The Bertz CT molecular complexity index is 977. The molecular weight excluding hydrogens is 318 g/mol. The maximum Gasteiger partial charge on any atom is 0.229 e. The summed E-state index contributed by atoms with van der Waals surface area (Å²) in [6.07, 6.45) is 5.24. The van der Waals surface area contributed by atoms with Gasteiger partial charge in [0.05, 0.1) is 6.26 Å². The quantitative estimate of drug-likeness (QED) is 0.676. The minimum absolute atomic E-state index is 0.0524. The number of benzene rings is 1. The van der Waals surface area contributed by atoms with E-state index >= 15 is 0 Å². The van der Waals surface area contributed by atoms with Crippen molar-refractivity contribution in [2.45, 2.75) is 31.7 Å². The second kappa shape index (κ2) is 5.47. The Balaban J connectivity index is 1.47. The monoisotopic (exact) mass is 335 g/mol. The number of hydrogen-bond acceptors (Lipinski definition) is 6. The number of nitrogens with one attached hydrogen (secondary N) is 3. The van der Waals surface area contributed by atoms with Gasteiger partial charge in [0.2, 0.25) is 11.9 Å². The largest absolute Gasteiger partial charge is 0.459 e. The van der Waals surface area contributed by atoms with Crippen molar-refractivity contribution in [2.24, 2.45) is 0 Å². The number of anilines is 4. The molecule has 3 aromatic rings. The van der Waals surface area contributed by atoms with Crippen molar-refractivity contribution in [3.8, 4) is 0 Å². The molecule has 2 aliphatic rings. The van der Waals surface area contributed by atoms with E-state index in [9.17, 15) is 4.79 Å². The van der Waals surface area contributed by atoms with E-state index in [-0.39, 0.29) is 5.91 Å². The topological polar surface area (TPSA) is 92.1 Å². The van der Waals surface area contributed by atoms with Crippen molar-refractivity contribution < 1.29 is 9.21 Å². The van der Waals surface area contributed by atoms with E-state index in [1.54, 1.807) is 6.26 Å². The van der Waals surface area contributed by atoms with Gasteiger partial charge in [-0.25, -0.2) is 4.98 Å². The van der Waals surface area contributed by atoms with Crippen molar-refractivity contribution in [1.82, 2.24) is 9.97 Å². The van der Waals surface area contributed by atoms with Crippen molar-refractivity contribution >= 4 is 40.1 Å². The summed E-state index contributed by atoms with van der Waals surface area (Å²) in [4.78, 5) is 20.7. The van der Waals surface area contributed by atoms with Crippen LogP contribution in [0.5, 0.6) is 0 Å². The third kappa shape index (κ3) is 2.77. The molecule has 3 N–H and O–H groups in total. The molecule has 25 heavy (non-hydrogen) atoms. The number of furan rings is 1. The van der Waals surface area contributed by atoms with Crippen LogP contribution in [0, 0.1) is 0 Å². The predicted molar refractivity (Wildman–Crippen MR) is 95.1 cm³/mol. The molecule has 1 saturated carbocycles. The molecule has 1 fully saturated rings. The summed E-state index contributed by atoms with van der Waals surface area (Å²) in [5, 5.41) is 9.52. The summed E-state index contributed by atoms with van der Waals surface area (Å²) in [5.41, 5.74) is 4.26. The number of carbonyl (C=O) groups is 1. The maximum absolute atomic E-state index is 11.6. The third-order valence-electron chi connectivity index (χ3n) is 4.48. The molecule has 1 aliphatic carbocycles. The molecule has 1 amide bonds. The van der Waals surface area contributed by atoms with Crippen molar-refractivity contribution in [1.29, 1.82) is 0 Å². The van der Waals surface area contributed by atoms with Gasteiger partial charge in [0.1, 0.15) is 5.52 Å². The molecule has 0 spiro atoms. The summed E-state index contributed by atoms with van der Waals surface area (Å²) in [6, 6.07) is 8.22. The molecule has 0 radical (unpaired) electrons.